The molecule has 1 aromatic rings. The summed E-state index contributed by atoms with van der Waals surface area (Å²) in [4.78, 5) is 2.57. The van der Waals surface area contributed by atoms with Crippen LogP contribution in [0.5, 0.6) is 0 Å². The highest BCUT2D eigenvalue weighted by molar-refractivity contribution is 5.61. The first kappa shape index (κ1) is 12.9. The van der Waals surface area contributed by atoms with E-state index in [1.807, 2.05) is 0 Å². The third-order valence-electron chi connectivity index (χ3n) is 4.30. The van der Waals surface area contributed by atoms with Gasteiger partial charge >= 0.3 is 0 Å². The quantitative estimate of drug-likeness (QED) is 0.849. The van der Waals surface area contributed by atoms with Crippen molar-refractivity contribution in [2.45, 2.75) is 38.8 Å². The van der Waals surface area contributed by atoms with E-state index in [2.05, 4.69) is 40.7 Å². The Morgan fingerprint density at radius 2 is 2.16 bits per heavy atom. The SMILES string of the molecule is CC(CN1CCCC1)NCc1cccc2c1NCC2. The van der Waals surface area contributed by atoms with Gasteiger partial charge < -0.3 is 15.5 Å². The summed E-state index contributed by atoms with van der Waals surface area (Å²) in [6, 6.07) is 7.24. The minimum absolute atomic E-state index is 0.565. The van der Waals surface area contributed by atoms with Crippen molar-refractivity contribution in [1.82, 2.24) is 10.2 Å². The highest BCUT2D eigenvalue weighted by Crippen LogP contribution is 2.26. The summed E-state index contributed by atoms with van der Waals surface area (Å²) in [6.07, 6.45) is 3.93. The van der Waals surface area contributed by atoms with Gasteiger partial charge in [0.25, 0.3) is 0 Å². The first-order valence-electron chi connectivity index (χ1n) is 7.63. The number of fused-ring (bicyclic) bond motifs is 1. The second-order valence-electron chi connectivity index (χ2n) is 5.92. The molecule has 1 unspecified atom stereocenters. The molecule has 0 aromatic heterocycles. The number of rotatable bonds is 5. The van der Waals surface area contributed by atoms with Gasteiger partial charge in [0.05, 0.1) is 0 Å². The fourth-order valence-electron chi connectivity index (χ4n) is 3.26. The molecular weight excluding hydrogens is 234 g/mol. The molecule has 3 heteroatoms. The fraction of sp³-hybridized carbons (Fsp3) is 0.625. The smallest absolute Gasteiger partial charge is 0.0419 e. The van der Waals surface area contributed by atoms with Crippen molar-refractivity contribution in [3.05, 3.63) is 29.3 Å². The minimum atomic E-state index is 0.565. The van der Waals surface area contributed by atoms with E-state index in [1.165, 1.54) is 55.7 Å². The first-order valence-corrected chi connectivity index (χ1v) is 7.63. The van der Waals surface area contributed by atoms with Gasteiger partial charge in [-0.3, -0.25) is 0 Å². The Morgan fingerprint density at radius 3 is 3.00 bits per heavy atom. The summed E-state index contributed by atoms with van der Waals surface area (Å²) in [5.41, 5.74) is 4.28. The normalized spacial score (nSPS) is 20.3. The van der Waals surface area contributed by atoms with Crippen molar-refractivity contribution in [2.75, 3.05) is 31.5 Å². The van der Waals surface area contributed by atoms with Crippen molar-refractivity contribution in [3.8, 4) is 0 Å². The summed E-state index contributed by atoms with van der Waals surface area (Å²) in [5.74, 6) is 0. The van der Waals surface area contributed by atoms with Crippen LogP contribution in [0.2, 0.25) is 0 Å². The zero-order chi connectivity index (χ0) is 13.1. The molecule has 1 fully saturated rings. The highest BCUT2D eigenvalue weighted by atomic mass is 15.2. The second-order valence-corrected chi connectivity index (χ2v) is 5.92. The lowest BCUT2D eigenvalue weighted by atomic mass is 10.1. The van der Waals surface area contributed by atoms with Crippen molar-refractivity contribution < 1.29 is 0 Å². The molecule has 1 saturated heterocycles. The maximum atomic E-state index is 3.67. The van der Waals surface area contributed by atoms with Crippen LogP contribution in [0, 0.1) is 0 Å². The Bertz CT molecular complexity index is 424. The molecule has 2 N–H and O–H groups in total. The Morgan fingerprint density at radius 1 is 1.32 bits per heavy atom. The Hall–Kier alpha value is -1.06. The van der Waals surface area contributed by atoms with Gasteiger partial charge in [-0.05, 0) is 50.4 Å². The van der Waals surface area contributed by atoms with Gasteiger partial charge in [-0.25, -0.2) is 0 Å². The standard InChI is InChI=1S/C16H25N3/c1-13(12-19-9-2-3-10-19)18-11-15-6-4-5-14-7-8-17-16(14)15/h4-6,13,17-18H,2-3,7-12H2,1H3. The number of hydrogen-bond donors (Lipinski definition) is 2. The van der Waals surface area contributed by atoms with Gasteiger partial charge in [0, 0.05) is 31.4 Å². The number of hydrogen-bond acceptors (Lipinski definition) is 3. The molecule has 2 aliphatic heterocycles. The van der Waals surface area contributed by atoms with Crippen LogP contribution in [-0.2, 0) is 13.0 Å². The molecule has 19 heavy (non-hydrogen) atoms. The van der Waals surface area contributed by atoms with Crippen molar-refractivity contribution >= 4 is 5.69 Å². The van der Waals surface area contributed by atoms with E-state index < -0.39 is 0 Å². The third-order valence-corrected chi connectivity index (χ3v) is 4.30. The highest BCUT2D eigenvalue weighted by Gasteiger charge is 2.16. The summed E-state index contributed by atoms with van der Waals surface area (Å²) in [6.45, 7) is 8.13. The Labute approximate surface area is 116 Å². The van der Waals surface area contributed by atoms with Gasteiger partial charge in [0.15, 0.2) is 0 Å². The number of anilines is 1. The fourth-order valence-corrected chi connectivity index (χ4v) is 3.26. The average molecular weight is 259 g/mol. The van der Waals surface area contributed by atoms with Crippen molar-refractivity contribution in [2.24, 2.45) is 0 Å². The van der Waals surface area contributed by atoms with Crippen molar-refractivity contribution in [1.29, 1.82) is 0 Å². The van der Waals surface area contributed by atoms with Crippen LogP contribution in [0.3, 0.4) is 0 Å². The van der Waals surface area contributed by atoms with Gasteiger partial charge in [0.2, 0.25) is 0 Å². The summed E-state index contributed by atoms with van der Waals surface area (Å²) in [7, 11) is 0. The molecule has 0 saturated carbocycles. The Kier molecular flexibility index (Phi) is 4.04. The number of likely N-dealkylation sites (tertiary alicyclic amines) is 1. The first-order chi connectivity index (χ1) is 9.33. The number of para-hydroxylation sites is 1. The second kappa shape index (κ2) is 5.93. The molecule has 2 aliphatic rings. The lowest BCUT2D eigenvalue weighted by Gasteiger charge is -2.21. The van der Waals surface area contributed by atoms with Gasteiger partial charge in [-0.1, -0.05) is 18.2 Å². The van der Waals surface area contributed by atoms with E-state index in [4.69, 9.17) is 0 Å². The van der Waals surface area contributed by atoms with Crippen LogP contribution >= 0.6 is 0 Å². The van der Waals surface area contributed by atoms with Gasteiger partial charge in [-0.2, -0.15) is 0 Å². The molecule has 0 bridgehead atoms. The number of nitrogens with one attached hydrogen (secondary N) is 2. The predicted molar refractivity (Wildman–Crippen MR) is 80.6 cm³/mol. The van der Waals surface area contributed by atoms with Gasteiger partial charge in [-0.15, -0.1) is 0 Å². The molecule has 104 valence electrons. The van der Waals surface area contributed by atoms with Crippen LogP contribution in [0.15, 0.2) is 18.2 Å². The van der Waals surface area contributed by atoms with Crippen LogP contribution in [-0.4, -0.2) is 37.1 Å². The lowest BCUT2D eigenvalue weighted by molar-refractivity contribution is 0.298. The lowest BCUT2D eigenvalue weighted by Crippen LogP contribution is -2.37. The third kappa shape index (κ3) is 3.10. The zero-order valence-electron chi connectivity index (χ0n) is 11.9. The van der Waals surface area contributed by atoms with Crippen molar-refractivity contribution in [3.63, 3.8) is 0 Å². The largest absolute Gasteiger partial charge is 0.384 e. The van der Waals surface area contributed by atoms with Crippen LogP contribution in [0.25, 0.3) is 0 Å². The molecular formula is C16H25N3. The van der Waals surface area contributed by atoms with E-state index in [0.717, 1.165) is 13.1 Å². The molecule has 3 rings (SSSR count). The van der Waals surface area contributed by atoms with E-state index in [0.29, 0.717) is 6.04 Å². The molecule has 1 atom stereocenters. The summed E-state index contributed by atoms with van der Waals surface area (Å²) in [5, 5.41) is 7.19. The molecule has 0 amide bonds. The topological polar surface area (TPSA) is 27.3 Å². The molecule has 0 aliphatic carbocycles. The molecule has 2 heterocycles. The minimum Gasteiger partial charge on any atom is -0.384 e. The van der Waals surface area contributed by atoms with E-state index in [9.17, 15) is 0 Å². The summed E-state index contributed by atoms with van der Waals surface area (Å²) < 4.78 is 0. The van der Waals surface area contributed by atoms with E-state index in [1.54, 1.807) is 0 Å². The molecule has 3 nitrogen and oxygen atoms in total. The van der Waals surface area contributed by atoms with E-state index >= 15 is 0 Å². The molecule has 1 aromatic carbocycles. The number of benzene rings is 1. The number of nitrogens with zero attached hydrogens (tertiary/aromatic N) is 1. The maximum absolute atomic E-state index is 3.67. The summed E-state index contributed by atoms with van der Waals surface area (Å²) >= 11 is 0. The van der Waals surface area contributed by atoms with Crippen LogP contribution < -0.4 is 10.6 Å². The Balaban J connectivity index is 1.53. The monoisotopic (exact) mass is 259 g/mol. The zero-order valence-corrected chi connectivity index (χ0v) is 11.9. The maximum Gasteiger partial charge on any atom is 0.0419 e. The molecule has 0 spiro atoms. The van der Waals surface area contributed by atoms with Crippen LogP contribution in [0.1, 0.15) is 30.9 Å². The van der Waals surface area contributed by atoms with Gasteiger partial charge in [0.1, 0.15) is 0 Å². The van der Waals surface area contributed by atoms with Crippen LogP contribution in [0.4, 0.5) is 5.69 Å². The molecule has 0 radical (unpaired) electrons. The predicted octanol–water partition coefficient (Wildman–Crippen LogP) is 2.23. The average Bonchev–Trinajstić information content (AvgIpc) is 3.06. The van der Waals surface area contributed by atoms with E-state index in [-0.39, 0.29) is 0 Å².